The third kappa shape index (κ3) is 3.80. The molecule has 0 aliphatic carbocycles. The Balaban J connectivity index is 3.06. The minimum Gasteiger partial charge on any atom is -0.212 e. The Hall–Kier alpha value is -0.610. The summed E-state index contributed by atoms with van der Waals surface area (Å²) in [5.74, 6) is -0.599. The molecule has 5 heteroatoms. The van der Waals surface area contributed by atoms with Gasteiger partial charge in [0.15, 0.2) is 0 Å². The number of hydrogen-bond donors (Lipinski definition) is 0. The molecule has 0 radical (unpaired) electrons. The van der Waals surface area contributed by atoms with Crippen LogP contribution in [0.5, 0.6) is 0 Å². The zero-order chi connectivity index (χ0) is 11.7. The number of halogens is 2. The molecule has 0 unspecified atom stereocenters. The molecule has 0 fully saturated rings. The van der Waals surface area contributed by atoms with Gasteiger partial charge in [0, 0.05) is 16.1 Å². The van der Waals surface area contributed by atoms with Crippen LogP contribution in [0, 0.1) is 5.82 Å². The molecule has 0 amide bonds. The molecule has 0 bridgehead atoms. The molecule has 0 aliphatic rings. The van der Waals surface area contributed by atoms with Crippen molar-refractivity contribution in [1.29, 1.82) is 0 Å². The van der Waals surface area contributed by atoms with Crippen LogP contribution in [0.25, 0.3) is 0 Å². The molecular formula is C10H12ClFO2S. The lowest BCUT2D eigenvalue weighted by molar-refractivity contribution is 0.550. The summed E-state index contributed by atoms with van der Waals surface area (Å²) in [6.07, 6.45) is 0. The van der Waals surface area contributed by atoms with Crippen LogP contribution in [-0.2, 0) is 14.5 Å². The molecule has 1 aromatic carbocycles. The largest absolute Gasteiger partial charge is 0.233 e. The van der Waals surface area contributed by atoms with E-state index in [1.165, 1.54) is 12.1 Å². The van der Waals surface area contributed by atoms with Crippen LogP contribution >= 0.6 is 10.7 Å². The van der Waals surface area contributed by atoms with E-state index in [4.69, 9.17) is 10.7 Å². The van der Waals surface area contributed by atoms with Gasteiger partial charge in [-0.25, -0.2) is 12.8 Å². The highest BCUT2D eigenvalue weighted by atomic mass is 35.7. The highest BCUT2D eigenvalue weighted by Crippen LogP contribution is 2.26. The van der Waals surface area contributed by atoms with Crippen molar-refractivity contribution in [3.63, 3.8) is 0 Å². The average Bonchev–Trinajstić information content (AvgIpc) is 1.99. The van der Waals surface area contributed by atoms with Gasteiger partial charge in [0.25, 0.3) is 0 Å². The molecule has 1 aromatic rings. The van der Waals surface area contributed by atoms with Crippen molar-refractivity contribution in [2.45, 2.75) is 19.3 Å². The summed E-state index contributed by atoms with van der Waals surface area (Å²) in [7, 11) is 1.59. The fraction of sp³-hybridized carbons (Fsp3) is 0.400. The predicted octanol–water partition coefficient (Wildman–Crippen LogP) is 2.67. The van der Waals surface area contributed by atoms with E-state index in [9.17, 15) is 12.8 Å². The standard InChI is InChI=1S/C10H12ClFO2S/c1-10(2,7-15(11,13)14)8-4-3-5-9(12)6-8/h3-6H,7H2,1-2H3. The second-order valence-electron chi connectivity index (χ2n) is 4.08. The Morgan fingerprint density at radius 2 is 2.00 bits per heavy atom. The normalized spacial score (nSPS) is 12.8. The first-order valence-electron chi connectivity index (χ1n) is 4.39. The maximum absolute atomic E-state index is 12.9. The van der Waals surface area contributed by atoms with Gasteiger partial charge in [-0.1, -0.05) is 26.0 Å². The summed E-state index contributed by atoms with van der Waals surface area (Å²) >= 11 is 0. The lowest BCUT2D eigenvalue weighted by atomic mass is 9.87. The highest BCUT2D eigenvalue weighted by molar-refractivity contribution is 8.13. The van der Waals surface area contributed by atoms with Gasteiger partial charge in [0.05, 0.1) is 5.75 Å². The Kier molecular flexibility index (Phi) is 3.41. The van der Waals surface area contributed by atoms with Crippen LogP contribution < -0.4 is 0 Å². The first-order chi connectivity index (χ1) is 6.71. The van der Waals surface area contributed by atoms with Gasteiger partial charge in [-0.2, -0.15) is 0 Å². The van der Waals surface area contributed by atoms with Crippen LogP contribution in [0.2, 0.25) is 0 Å². The lowest BCUT2D eigenvalue weighted by Crippen LogP contribution is -2.26. The van der Waals surface area contributed by atoms with E-state index >= 15 is 0 Å². The average molecular weight is 251 g/mol. The maximum atomic E-state index is 12.9. The van der Waals surface area contributed by atoms with Crippen molar-refractivity contribution < 1.29 is 12.8 Å². The van der Waals surface area contributed by atoms with Crippen molar-refractivity contribution in [3.8, 4) is 0 Å². The van der Waals surface area contributed by atoms with Gasteiger partial charge in [-0.05, 0) is 17.7 Å². The van der Waals surface area contributed by atoms with Gasteiger partial charge >= 0.3 is 0 Å². The van der Waals surface area contributed by atoms with Gasteiger partial charge in [0.2, 0.25) is 9.05 Å². The van der Waals surface area contributed by atoms with E-state index in [-0.39, 0.29) is 11.6 Å². The van der Waals surface area contributed by atoms with Crippen LogP contribution in [0.15, 0.2) is 24.3 Å². The molecule has 0 aromatic heterocycles. The van der Waals surface area contributed by atoms with Gasteiger partial charge in [0.1, 0.15) is 5.82 Å². The predicted molar refractivity (Wildman–Crippen MR) is 59.1 cm³/mol. The molecule has 0 saturated heterocycles. The topological polar surface area (TPSA) is 34.1 Å². The van der Waals surface area contributed by atoms with Crippen LogP contribution in [0.4, 0.5) is 4.39 Å². The highest BCUT2D eigenvalue weighted by Gasteiger charge is 2.27. The summed E-state index contributed by atoms with van der Waals surface area (Å²) in [6.45, 7) is 3.42. The van der Waals surface area contributed by atoms with Crippen molar-refractivity contribution in [3.05, 3.63) is 35.6 Å². The zero-order valence-electron chi connectivity index (χ0n) is 8.50. The molecule has 1 rings (SSSR count). The van der Waals surface area contributed by atoms with E-state index in [1.54, 1.807) is 26.0 Å². The van der Waals surface area contributed by atoms with E-state index in [0.29, 0.717) is 5.56 Å². The van der Waals surface area contributed by atoms with Crippen LogP contribution in [0.1, 0.15) is 19.4 Å². The van der Waals surface area contributed by atoms with Gasteiger partial charge < -0.3 is 0 Å². The molecule has 15 heavy (non-hydrogen) atoms. The Morgan fingerprint density at radius 3 is 2.47 bits per heavy atom. The molecule has 0 aliphatic heterocycles. The quantitative estimate of drug-likeness (QED) is 0.773. The molecule has 0 spiro atoms. The van der Waals surface area contributed by atoms with E-state index in [0.717, 1.165) is 0 Å². The summed E-state index contributed by atoms with van der Waals surface area (Å²) in [5, 5.41) is 0. The smallest absolute Gasteiger partial charge is 0.212 e. The molecule has 0 N–H and O–H groups in total. The Bertz CT molecular complexity index is 454. The zero-order valence-corrected chi connectivity index (χ0v) is 10.1. The third-order valence-corrected chi connectivity index (χ3v) is 3.53. The minimum atomic E-state index is -3.59. The second kappa shape index (κ2) is 4.10. The van der Waals surface area contributed by atoms with E-state index in [1.807, 2.05) is 0 Å². The number of hydrogen-bond acceptors (Lipinski definition) is 2. The first kappa shape index (κ1) is 12.5. The van der Waals surface area contributed by atoms with E-state index < -0.39 is 14.5 Å². The van der Waals surface area contributed by atoms with Crippen molar-refractivity contribution in [2.75, 3.05) is 5.75 Å². The fourth-order valence-corrected chi connectivity index (χ4v) is 3.27. The monoisotopic (exact) mass is 250 g/mol. The molecule has 2 nitrogen and oxygen atoms in total. The van der Waals surface area contributed by atoms with Gasteiger partial charge in [-0.3, -0.25) is 0 Å². The van der Waals surface area contributed by atoms with Gasteiger partial charge in [-0.15, -0.1) is 0 Å². The number of rotatable bonds is 3. The molecule has 0 atom stereocenters. The SMILES string of the molecule is CC(C)(CS(=O)(=O)Cl)c1cccc(F)c1. The Labute approximate surface area is 93.5 Å². The molecule has 0 saturated carbocycles. The summed E-state index contributed by atoms with van der Waals surface area (Å²) in [6, 6.07) is 5.87. The molecular weight excluding hydrogens is 239 g/mol. The summed E-state index contributed by atoms with van der Waals surface area (Å²) < 4.78 is 34.9. The Morgan fingerprint density at radius 1 is 1.40 bits per heavy atom. The number of benzene rings is 1. The summed E-state index contributed by atoms with van der Waals surface area (Å²) in [5.41, 5.74) is -0.0744. The summed E-state index contributed by atoms with van der Waals surface area (Å²) in [4.78, 5) is 0. The van der Waals surface area contributed by atoms with Crippen molar-refractivity contribution in [2.24, 2.45) is 0 Å². The second-order valence-corrected chi connectivity index (χ2v) is 6.85. The maximum Gasteiger partial charge on any atom is 0.233 e. The van der Waals surface area contributed by atoms with E-state index in [2.05, 4.69) is 0 Å². The minimum absolute atomic E-state index is 0.217. The van der Waals surface area contributed by atoms with Crippen molar-refractivity contribution in [1.82, 2.24) is 0 Å². The lowest BCUT2D eigenvalue weighted by Gasteiger charge is -2.23. The van der Waals surface area contributed by atoms with Crippen LogP contribution in [-0.4, -0.2) is 14.2 Å². The van der Waals surface area contributed by atoms with Crippen molar-refractivity contribution >= 4 is 19.7 Å². The third-order valence-electron chi connectivity index (χ3n) is 2.14. The van der Waals surface area contributed by atoms with Crippen LogP contribution in [0.3, 0.4) is 0 Å². The molecule has 0 heterocycles. The fourth-order valence-electron chi connectivity index (χ4n) is 1.42. The first-order valence-corrected chi connectivity index (χ1v) is 6.87. The molecule has 84 valence electrons.